The van der Waals surface area contributed by atoms with Gasteiger partial charge in [-0.25, -0.2) is 9.37 Å². The minimum atomic E-state index is -0.380. The van der Waals surface area contributed by atoms with Gasteiger partial charge in [0.15, 0.2) is 5.82 Å². The first-order valence-corrected chi connectivity index (χ1v) is 7.99. The fourth-order valence-corrected chi connectivity index (χ4v) is 3.35. The van der Waals surface area contributed by atoms with Crippen molar-refractivity contribution in [2.75, 3.05) is 18.0 Å². The maximum absolute atomic E-state index is 15.0. The molecule has 1 saturated heterocycles. The van der Waals surface area contributed by atoms with Crippen LogP contribution in [0.3, 0.4) is 0 Å². The van der Waals surface area contributed by atoms with Crippen LogP contribution in [0, 0.1) is 5.82 Å². The Balaban J connectivity index is 1.78. The van der Waals surface area contributed by atoms with Crippen LogP contribution < -0.4 is 4.90 Å². The lowest BCUT2D eigenvalue weighted by atomic mass is 10.1. The predicted molar refractivity (Wildman–Crippen MR) is 88.4 cm³/mol. The summed E-state index contributed by atoms with van der Waals surface area (Å²) in [6, 6.07) is 3.65. The highest BCUT2D eigenvalue weighted by Crippen LogP contribution is 2.34. The molecule has 1 aliphatic rings. The van der Waals surface area contributed by atoms with Crippen LogP contribution in [0.15, 0.2) is 29.2 Å². The summed E-state index contributed by atoms with van der Waals surface area (Å²) >= 11 is 0. The first-order chi connectivity index (χ1) is 11.5. The van der Waals surface area contributed by atoms with E-state index in [0.717, 1.165) is 5.69 Å². The molecule has 2 aromatic heterocycles. The largest absolute Gasteiger partial charge is 0.372 e. The number of hydrogen-bond donors (Lipinski definition) is 0. The van der Waals surface area contributed by atoms with Gasteiger partial charge >= 0.3 is 0 Å². The Morgan fingerprint density at radius 3 is 2.62 bits per heavy atom. The number of fused-ring (bicyclic) bond motifs is 1. The highest BCUT2D eigenvalue weighted by molar-refractivity contribution is 5.93. The van der Waals surface area contributed by atoms with Crippen LogP contribution in [-0.4, -0.2) is 40.0 Å². The molecule has 2 atom stereocenters. The molecule has 24 heavy (non-hydrogen) atoms. The molecule has 1 aromatic carbocycles. The number of nitrogens with zero attached hydrogens (tertiary/aromatic N) is 4. The number of imidazole rings is 1. The first kappa shape index (κ1) is 15.1. The van der Waals surface area contributed by atoms with Gasteiger partial charge in [-0.1, -0.05) is 5.16 Å². The van der Waals surface area contributed by atoms with E-state index < -0.39 is 0 Å². The summed E-state index contributed by atoms with van der Waals surface area (Å²) in [6.07, 6.45) is 3.48. The Kier molecular flexibility index (Phi) is 3.53. The summed E-state index contributed by atoms with van der Waals surface area (Å²) in [5, 5.41) is 4.70. The van der Waals surface area contributed by atoms with Gasteiger partial charge in [0.25, 0.3) is 0 Å². The van der Waals surface area contributed by atoms with Gasteiger partial charge in [0.05, 0.1) is 41.5 Å². The summed E-state index contributed by atoms with van der Waals surface area (Å²) in [4.78, 5) is 6.08. The molecule has 0 radical (unpaired) electrons. The number of anilines is 1. The number of benzene rings is 1. The SMILES string of the molecule is C[C@@H]1CN(c2ccc3c(-c4cncn4C)noc3c2F)C[C@H](C)O1. The maximum atomic E-state index is 15.0. The van der Waals surface area contributed by atoms with Gasteiger partial charge in [0.1, 0.15) is 5.69 Å². The molecule has 4 rings (SSSR count). The van der Waals surface area contributed by atoms with Crippen LogP contribution in [0.2, 0.25) is 0 Å². The Morgan fingerprint density at radius 1 is 1.21 bits per heavy atom. The monoisotopic (exact) mass is 330 g/mol. The van der Waals surface area contributed by atoms with Crippen molar-refractivity contribution >= 4 is 16.7 Å². The van der Waals surface area contributed by atoms with Crippen LogP contribution in [0.1, 0.15) is 13.8 Å². The fourth-order valence-electron chi connectivity index (χ4n) is 3.35. The van der Waals surface area contributed by atoms with Gasteiger partial charge in [0.2, 0.25) is 5.58 Å². The topological polar surface area (TPSA) is 56.3 Å². The highest BCUT2D eigenvalue weighted by atomic mass is 19.1. The van der Waals surface area contributed by atoms with Crippen molar-refractivity contribution in [3.63, 3.8) is 0 Å². The molecule has 0 amide bonds. The van der Waals surface area contributed by atoms with E-state index in [1.165, 1.54) is 0 Å². The van der Waals surface area contributed by atoms with Gasteiger partial charge < -0.3 is 18.7 Å². The van der Waals surface area contributed by atoms with Crippen molar-refractivity contribution in [2.24, 2.45) is 7.05 Å². The quantitative estimate of drug-likeness (QED) is 0.723. The third-order valence-electron chi connectivity index (χ3n) is 4.38. The number of halogens is 1. The second-order valence-electron chi connectivity index (χ2n) is 6.36. The van der Waals surface area contributed by atoms with Crippen molar-refractivity contribution < 1.29 is 13.7 Å². The summed E-state index contributed by atoms with van der Waals surface area (Å²) in [7, 11) is 1.87. The van der Waals surface area contributed by atoms with E-state index in [1.807, 2.05) is 36.4 Å². The number of morpholine rings is 1. The van der Waals surface area contributed by atoms with Crippen molar-refractivity contribution in [2.45, 2.75) is 26.1 Å². The lowest BCUT2D eigenvalue weighted by molar-refractivity contribution is -0.00539. The molecule has 1 aliphatic heterocycles. The van der Waals surface area contributed by atoms with E-state index in [0.29, 0.717) is 29.9 Å². The minimum Gasteiger partial charge on any atom is -0.372 e. The smallest absolute Gasteiger partial charge is 0.205 e. The van der Waals surface area contributed by atoms with Crippen molar-refractivity contribution in [1.82, 2.24) is 14.7 Å². The molecule has 3 heterocycles. The average Bonchev–Trinajstić information content (AvgIpc) is 3.12. The number of ether oxygens (including phenoxy) is 1. The van der Waals surface area contributed by atoms with Gasteiger partial charge in [-0.2, -0.15) is 0 Å². The van der Waals surface area contributed by atoms with Crippen LogP contribution in [0.5, 0.6) is 0 Å². The van der Waals surface area contributed by atoms with E-state index in [4.69, 9.17) is 9.26 Å². The predicted octanol–water partition coefficient (Wildman–Crippen LogP) is 2.98. The molecule has 0 saturated carbocycles. The second-order valence-corrected chi connectivity index (χ2v) is 6.36. The molecular weight excluding hydrogens is 311 g/mol. The normalized spacial score (nSPS) is 21.6. The molecule has 0 unspecified atom stereocenters. The van der Waals surface area contributed by atoms with Crippen LogP contribution >= 0.6 is 0 Å². The standard InChI is InChI=1S/C17H19FN4O2/c1-10-7-22(8-11(2)23-10)13-5-4-12-16(14-6-19-9-21(14)3)20-24-17(12)15(13)18/h4-6,9-11H,7-8H2,1-3H3/t10-,11+. The second kappa shape index (κ2) is 5.59. The zero-order chi connectivity index (χ0) is 16.8. The zero-order valence-corrected chi connectivity index (χ0v) is 13.9. The Morgan fingerprint density at radius 2 is 1.96 bits per heavy atom. The molecule has 7 heteroatoms. The molecule has 126 valence electrons. The summed E-state index contributed by atoms with van der Waals surface area (Å²) in [5.41, 5.74) is 2.08. The van der Waals surface area contributed by atoms with Gasteiger partial charge in [-0.3, -0.25) is 0 Å². The third kappa shape index (κ3) is 2.36. The number of aryl methyl sites for hydroxylation is 1. The van der Waals surface area contributed by atoms with Crippen LogP contribution in [0.25, 0.3) is 22.4 Å². The molecule has 0 spiro atoms. The molecule has 0 bridgehead atoms. The van der Waals surface area contributed by atoms with E-state index in [9.17, 15) is 0 Å². The summed E-state index contributed by atoms with van der Waals surface area (Å²) < 4.78 is 27.9. The van der Waals surface area contributed by atoms with Gasteiger partial charge in [-0.15, -0.1) is 0 Å². The molecular formula is C17H19FN4O2. The molecule has 0 aliphatic carbocycles. The first-order valence-electron chi connectivity index (χ1n) is 7.99. The fraction of sp³-hybridized carbons (Fsp3) is 0.412. The minimum absolute atomic E-state index is 0.0589. The van der Waals surface area contributed by atoms with Crippen molar-refractivity contribution in [1.29, 1.82) is 0 Å². The lowest BCUT2D eigenvalue weighted by Crippen LogP contribution is -2.45. The van der Waals surface area contributed by atoms with E-state index in [1.54, 1.807) is 18.6 Å². The average molecular weight is 330 g/mol. The van der Waals surface area contributed by atoms with Gasteiger partial charge in [-0.05, 0) is 26.0 Å². The van der Waals surface area contributed by atoms with Gasteiger partial charge in [0, 0.05) is 20.1 Å². The zero-order valence-electron chi connectivity index (χ0n) is 13.9. The number of aromatic nitrogens is 3. The number of rotatable bonds is 2. The number of hydrogen-bond acceptors (Lipinski definition) is 5. The van der Waals surface area contributed by atoms with E-state index in [2.05, 4.69) is 10.1 Å². The summed E-state index contributed by atoms with van der Waals surface area (Å²) in [5.74, 6) is -0.380. The van der Waals surface area contributed by atoms with Crippen LogP contribution in [-0.2, 0) is 11.8 Å². The Bertz CT molecular complexity index is 878. The Hall–Kier alpha value is -2.41. The third-order valence-corrected chi connectivity index (χ3v) is 4.38. The van der Waals surface area contributed by atoms with Crippen molar-refractivity contribution in [3.8, 4) is 11.4 Å². The Labute approximate surface area is 138 Å². The maximum Gasteiger partial charge on any atom is 0.205 e. The summed E-state index contributed by atoms with van der Waals surface area (Å²) in [6.45, 7) is 5.28. The molecule has 0 N–H and O–H groups in total. The van der Waals surface area contributed by atoms with E-state index in [-0.39, 0.29) is 23.6 Å². The highest BCUT2D eigenvalue weighted by Gasteiger charge is 2.27. The lowest BCUT2D eigenvalue weighted by Gasteiger charge is -2.36. The molecule has 1 fully saturated rings. The van der Waals surface area contributed by atoms with Crippen molar-refractivity contribution in [3.05, 3.63) is 30.5 Å². The molecule has 3 aromatic rings. The van der Waals surface area contributed by atoms with Crippen LogP contribution in [0.4, 0.5) is 10.1 Å². The van der Waals surface area contributed by atoms with E-state index >= 15 is 4.39 Å². The molecule has 6 nitrogen and oxygen atoms in total.